The van der Waals surface area contributed by atoms with Crippen molar-refractivity contribution in [3.63, 3.8) is 0 Å². The Hall–Kier alpha value is -0.870. The molecule has 0 saturated carbocycles. The summed E-state index contributed by atoms with van der Waals surface area (Å²) >= 11 is 11.1. The first kappa shape index (κ1) is 13.1. The lowest BCUT2D eigenvalue weighted by Gasteiger charge is -2.13. The second-order valence-corrected chi connectivity index (χ2v) is 7.13. The smallest absolute Gasteiger partial charge is 0.0888 e. The predicted octanol–water partition coefficient (Wildman–Crippen LogP) is 5.37. The van der Waals surface area contributed by atoms with Crippen molar-refractivity contribution in [3.05, 3.63) is 67.8 Å². The molecule has 0 saturated heterocycles. The van der Waals surface area contributed by atoms with Gasteiger partial charge in [0.05, 0.1) is 14.9 Å². The Kier molecular flexibility index (Phi) is 3.63. The van der Waals surface area contributed by atoms with Crippen molar-refractivity contribution >= 4 is 49.6 Å². The maximum absolute atomic E-state index is 6.40. The topological polar surface area (TPSA) is 26.0 Å². The fourth-order valence-electron chi connectivity index (χ4n) is 2.19. The molecule has 1 nitrogen and oxygen atoms in total. The molecular weight excluding hydrogens is 342 g/mol. The third-order valence-corrected chi connectivity index (χ3v) is 5.69. The fraction of sp³-hybridized carbons (Fsp3) is 0.0667. The van der Waals surface area contributed by atoms with E-state index >= 15 is 0 Å². The van der Waals surface area contributed by atoms with Gasteiger partial charge >= 0.3 is 0 Å². The van der Waals surface area contributed by atoms with E-state index in [1.54, 1.807) is 11.3 Å². The van der Waals surface area contributed by atoms with E-state index in [0.29, 0.717) is 0 Å². The Bertz CT molecular complexity index is 713. The molecule has 0 aliphatic rings. The van der Waals surface area contributed by atoms with Crippen LogP contribution < -0.4 is 5.73 Å². The summed E-state index contributed by atoms with van der Waals surface area (Å²) in [4.78, 5) is 1.06. The Morgan fingerprint density at radius 2 is 1.84 bits per heavy atom. The Labute approximate surface area is 129 Å². The highest BCUT2D eigenvalue weighted by molar-refractivity contribution is 9.11. The minimum absolute atomic E-state index is 0.153. The van der Waals surface area contributed by atoms with Gasteiger partial charge in [0.1, 0.15) is 0 Å². The summed E-state index contributed by atoms with van der Waals surface area (Å²) in [5.41, 5.74) is 7.52. The molecule has 0 aliphatic heterocycles. The van der Waals surface area contributed by atoms with Crippen molar-refractivity contribution in [1.29, 1.82) is 0 Å². The maximum Gasteiger partial charge on any atom is 0.0888 e. The third kappa shape index (κ3) is 2.43. The van der Waals surface area contributed by atoms with E-state index in [9.17, 15) is 0 Å². The van der Waals surface area contributed by atoms with Gasteiger partial charge in [-0.1, -0.05) is 54.1 Å². The largest absolute Gasteiger partial charge is 0.320 e. The molecule has 1 heterocycles. The number of hydrogen-bond donors (Lipinski definition) is 1. The lowest BCUT2D eigenvalue weighted by atomic mass is 9.98. The molecule has 19 heavy (non-hydrogen) atoms. The van der Waals surface area contributed by atoms with Crippen LogP contribution in [0.4, 0.5) is 0 Å². The zero-order chi connectivity index (χ0) is 13.4. The van der Waals surface area contributed by atoms with Crippen LogP contribution in [0.3, 0.4) is 0 Å². The molecule has 3 aromatic rings. The van der Waals surface area contributed by atoms with Gasteiger partial charge in [-0.25, -0.2) is 0 Å². The lowest BCUT2D eigenvalue weighted by Crippen LogP contribution is -2.10. The molecule has 0 bridgehead atoms. The SMILES string of the molecule is NC(c1cc(Cl)c(Br)s1)c1cccc2ccccc12. The zero-order valence-corrected chi connectivity index (χ0v) is 13.1. The molecule has 3 rings (SSSR count). The molecule has 0 fully saturated rings. The van der Waals surface area contributed by atoms with Gasteiger partial charge in [0.15, 0.2) is 0 Å². The van der Waals surface area contributed by atoms with E-state index in [0.717, 1.165) is 19.2 Å². The first-order valence-corrected chi connectivity index (χ1v) is 7.83. The second-order valence-electron chi connectivity index (χ2n) is 4.32. The van der Waals surface area contributed by atoms with Gasteiger partial charge in [-0.05, 0) is 38.3 Å². The monoisotopic (exact) mass is 351 g/mol. The Morgan fingerprint density at radius 3 is 2.58 bits per heavy atom. The van der Waals surface area contributed by atoms with E-state index in [4.69, 9.17) is 17.3 Å². The van der Waals surface area contributed by atoms with Crippen molar-refractivity contribution in [2.75, 3.05) is 0 Å². The van der Waals surface area contributed by atoms with E-state index in [2.05, 4.69) is 40.2 Å². The standard InChI is InChI=1S/C15H11BrClNS/c16-15-12(17)8-13(19-15)14(18)11-7-3-5-9-4-1-2-6-10(9)11/h1-8,14H,18H2. The normalized spacial score (nSPS) is 12.8. The van der Waals surface area contributed by atoms with Gasteiger partial charge in [-0.3, -0.25) is 0 Å². The summed E-state index contributed by atoms with van der Waals surface area (Å²) < 4.78 is 0.930. The molecule has 4 heteroatoms. The average Bonchev–Trinajstić information content (AvgIpc) is 2.77. The van der Waals surface area contributed by atoms with Gasteiger partial charge < -0.3 is 5.73 Å². The summed E-state index contributed by atoms with van der Waals surface area (Å²) in [6, 6.07) is 16.3. The molecule has 1 atom stereocenters. The molecule has 0 radical (unpaired) electrons. The van der Waals surface area contributed by atoms with Crippen LogP contribution in [0.2, 0.25) is 5.02 Å². The maximum atomic E-state index is 6.40. The van der Waals surface area contributed by atoms with Crippen molar-refractivity contribution < 1.29 is 0 Å². The highest BCUT2D eigenvalue weighted by Gasteiger charge is 2.15. The number of rotatable bonds is 2. The number of nitrogens with two attached hydrogens (primary N) is 1. The molecule has 0 aliphatic carbocycles. The minimum atomic E-state index is -0.153. The molecule has 2 N–H and O–H groups in total. The zero-order valence-electron chi connectivity index (χ0n) is 9.94. The fourth-order valence-corrected chi connectivity index (χ4v) is 3.96. The van der Waals surface area contributed by atoms with Crippen molar-refractivity contribution in [2.45, 2.75) is 6.04 Å². The van der Waals surface area contributed by atoms with E-state index < -0.39 is 0 Å². The number of fused-ring (bicyclic) bond motifs is 1. The first-order chi connectivity index (χ1) is 9.16. The van der Waals surface area contributed by atoms with Crippen LogP contribution in [0, 0.1) is 0 Å². The van der Waals surface area contributed by atoms with E-state index in [1.807, 2.05) is 24.3 Å². The van der Waals surface area contributed by atoms with E-state index in [1.165, 1.54) is 10.8 Å². The summed E-state index contributed by atoms with van der Waals surface area (Å²) in [5, 5.41) is 3.12. The summed E-state index contributed by atoms with van der Waals surface area (Å²) in [5.74, 6) is 0. The molecule has 96 valence electrons. The van der Waals surface area contributed by atoms with Crippen molar-refractivity contribution in [1.82, 2.24) is 0 Å². The highest BCUT2D eigenvalue weighted by Crippen LogP contribution is 2.37. The van der Waals surface area contributed by atoms with Gasteiger partial charge in [0, 0.05) is 4.88 Å². The molecule has 0 spiro atoms. The van der Waals surface area contributed by atoms with Crippen LogP contribution in [0.1, 0.15) is 16.5 Å². The van der Waals surface area contributed by atoms with Gasteiger partial charge in [-0.15, -0.1) is 11.3 Å². The Morgan fingerprint density at radius 1 is 1.11 bits per heavy atom. The van der Waals surface area contributed by atoms with Crippen LogP contribution in [-0.4, -0.2) is 0 Å². The number of benzene rings is 2. The average molecular weight is 353 g/mol. The van der Waals surface area contributed by atoms with Crippen LogP contribution in [0.15, 0.2) is 52.3 Å². The lowest BCUT2D eigenvalue weighted by molar-refractivity contribution is 0.903. The van der Waals surface area contributed by atoms with Gasteiger partial charge in [0.2, 0.25) is 0 Å². The molecule has 1 unspecified atom stereocenters. The van der Waals surface area contributed by atoms with Crippen molar-refractivity contribution in [3.8, 4) is 0 Å². The highest BCUT2D eigenvalue weighted by atomic mass is 79.9. The van der Waals surface area contributed by atoms with Crippen LogP contribution in [0.5, 0.6) is 0 Å². The molecule has 1 aromatic heterocycles. The minimum Gasteiger partial charge on any atom is -0.320 e. The van der Waals surface area contributed by atoms with Crippen molar-refractivity contribution in [2.24, 2.45) is 5.73 Å². The van der Waals surface area contributed by atoms with Crippen LogP contribution >= 0.6 is 38.9 Å². The molecular formula is C15H11BrClNS. The third-order valence-electron chi connectivity index (χ3n) is 3.13. The van der Waals surface area contributed by atoms with Gasteiger partial charge in [-0.2, -0.15) is 0 Å². The molecule has 2 aromatic carbocycles. The number of hydrogen-bond acceptors (Lipinski definition) is 2. The van der Waals surface area contributed by atoms with E-state index in [-0.39, 0.29) is 6.04 Å². The number of thiophene rings is 1. The molecule has 0 amide bonds. The Balaban J connectivity index is 2.13. The van der Waals surface area contributed by atoms with Crippen LogP contribution in [-0.2, 0) is 0 Å². The first-order valence-electron chi connectivity index (χ1n) is 5.85. The summed E-state index contributed by atoms with van der Waals surface area (Å²) in [6.07, 6.45) is 0. The van der Waals surface area contributed by atoms with Gasteiger partial charge in [0.25, 0.3) is 0 Å². The predicted molar refractivity (Wildman–Crippen MR) is 87.0 cm³/mol. The summed E-state index contributed by atoms with van der Waals surface area (Å²) in [6.45, 7) is 0. The second kappa shape index (κ2) is 5.25. The number of halogens is 2. The quantitative estimate of drug-likeness (QED) is 0.659. The summed E-state index contributed by atoms with van der Waals surface area (Å²) in [7, 11) is 0. The van der Waals surface area contributed by atoms with Crippen LogP contribution in [0.25, 0.3) is 10.8 Å².